The van der Waals surface area contributed by atoms with Gasteiger partial charge in [-0.2, -0.15) is 0 Å². The van der Waals surface area contributed by atoms with E-state index < -0.39 is 0 Å². The summed E-state index contributed by atoms with van der Waals surface area (Å²) in [6.07, 6.45) is 3.02. The zero-order valence-corrected chi connectivity index (χ0v) is 11.7. The van der Waals surface area contributed by atoms with Gasteiger partial charge in [0.1, 0.15) is 0 Å². The third kappa shape index (κ3) is 2.89. The molecular formula is C13H13ClN2OS. The van der Waals surface area contributed by atoms with Gasteiger partial charge in [-0.1, -0.05) is 11.6 Å². The van der Waals surface area contributed by atoms with Gasteiger partial charge in [0, 0.05) is 22.1 Å². The Morgan fingerprint density at radius 2 is 2.22 bits per heavy atom. The summed E-state index contributed by atoms with van der Waals surface area (Å²) in [5.74, 6) is -0.180. The van der Waals surface area contributed by atoms with E-state index >= 15 is 0 Å². The zero-order chi connectivity index (χ0) is 13.1. The van der Waals surface area contributed by atoms with Crippen molar-refractivity contribution in [2.24, 2.45) is 0 Å². The van der Waals surface area contributed by atoms with Crippen LogP contribution in [0.3, 0.4) is 0 Å². The first-order chi connectivity index (χ1) is 8.58. The monoisotopic (exact) mass is 280 g/mol. The number of thiophene rings is 1. The third-order valence-corrected chi connectivity index (χ3v) is 4.04. The van der Waals surface area contributed by atoms with Crippen molar-refractivity contribution in [3.8, 4) is 0 Å². The van der Waals surface area contributed by atoms with E-state index in [0.717, 1.165) is 4.88 Å². The Hall–Kier alpha value is -1.39. The van der Waals surface area contributed by atoms with Gasteiger partial charge in [0.25, 0.3) is 5.91 Å². The molecule has 1 unspecified atom stereocenters. The maximum absolute atomic E-state index is 12.0. The molecule has 5 heteroatoms. The molecule has 0 bridgehead atoms. The van der Waals surface area contributed by atoms with Crippen LogP contribution < -0.4 is 5.32 Å². The summed E-state index contributed by atoms with van der Waals surface area (Å²) in [5.41, 5.74) is 0.451. The Kier molecular flexibility index (Phi) is 3.99. The molecule has 1 N–H and O–H groups in total. The molecule has 0 radical (unpaired) electrons. The molecule has 0 aliphatic rings. The van der Waals surface area contributed by atoms with E-state index in [1.807, 2.05) is 26.0 Å². The van der Waals surface area contributed by atoms with Crippen molar-refractivity contribution in [2.45, 2.75) is 19.9 Å². The van der Waals surface area contributed by atoms with Crippen LogP contribution >= 0.6 is 22.9 Å². The molecule has 0 aromatic carbocycles. The zero-order valence-electron chi connectivity index (χ0n) is 10.1. The van der Waals surface area contributed by atoms with E-state index in [2.05, 4.69) is 10.3 Å². The van der Waals surface area contributed by atoms with Crippen LogP contribution in [0.2, 0.25) is 5.02 Å². The number of hydrogen-bond acceptors (Lipinski definition) is 3. The smallest absolute Gasteiger partial charge is 0.253 e. The molecule has 0 saturated heterocycles. The average Bonchev–Trinajstić information content (AvgIpc) is 2.76. The fourth-order valence-corrected chi connectivity index (χ4v) is 2.68. The number of carbonyl (C=O) groups excluding carboxylic acids is 1. The SMILES string of the molecule is Cc1ccc(C(C)NC(=O)c2ccncc2Cl)s1. The minimum Gasteiger partial charge on any atom is -0.345 e. The quantitative estimate of drug-likeness (QED) is 0.933. The van der Waals surface area contributed by atoms with Crippen molar-refractivity contribution in [1.82, 2.24) is 10.3 Å². The van der Waals surface area contributed by atoms with E-state index in [1.54, 1.807) is 23.6 Å². The Morgan fingerprint density at radius 3 is 2.83 bits per heavy atom. The molecule has 2 heterocycles. The van der Waals surface area contributed by atoms with Gasteiger partial charge in [-0.25, -0.2) is 0 Å². The van der Waals surface area contributed by atoms with Crippen LogP contribution in [-0.2, 0) is 0 Å². The number of nitrogens with one attached hydrogen (secondary N) is 1. The number of nitrogens with zero attached hydrogens (tertiary/aromatic N) is 1. The molecule has 0 aliphatic carbocycles. The predicted octanol–water partition coefficient (Wildman–Crippen LogP) is 3.60. The molecule has 0 spiro atoms. The van der Waals surface area contributed by atoms with Gasteiger partial charge in [0.2, 0.25) is 0 Å². The number of carbonyl (C=O) groups is 1. The number of rotatable bonds is 3. The van der Waals surface area contributed by atoms with Crippen LogP contribution in [0.4, 0.5) is 0 Å². The highest BCUT2D eigenvalue weighted by Crippen LogP contribution is 2.23. The van der Waals surface area contributed by atoms with Crippen LogP contribution in [0.5, 0.6) is 0 Å². The fourth-order valence-electron chi connectivity index (χ4n) is 1.59. The summed E-state index contributed by atoms with van der Waals surface area (Å²) in [4.78, 5) is 18.3. The van der Waals surface area contributed by atoms with Crippen molar-refractivity contribution >= 4 is 28.8 Å². The van der Waals surface area contributed by atoms with Crippen molar-refractivity contribution in [3.63, 3.8) is 0 Å². The normalized spacial score (nSPS) is 12.2. The van der Waals surface area contributed by atoms with Crippen LogP contribution in [0.1, 0.15) is 33.1 Å². The van der Waals surface area contributed by atoms with Gasteiger partial charge in [-0.3, -0.25) is 9.78 Å². The highest BCUT2D eigenvalue weighted by atomic mass is 35.5. The molecule has 1 amide bonds. The van der Waals surface area contributed by atoms with Gasteiger partial charge in [-0.15, -0.1) is 11.3 Å². The number of halogens is 1. The van der Waals surface area contributed by atoms with Crippen LogP contribution in [-0.4, -0.2) is 10.9 Å². The van der Waals surface area contributed by atoms with Crippen LogP contribution in [0.25, 0.3) is 0 Å². The summed E-state index contributed by atoms with van der Waals surface area (Å²) in [7, 11) is 0. The summed E-state index contributed by atoms with van der Waals surface area (Å²) in [6.45, 7) is 4.00. The first kappa shape index (κ1) is 13.1. The van der Waals surface area contributed by atoms with Crippen molar-refractivity contribution in [1.29, 1.82) is 0 Å². The summed E-state index contributed by atoms with van der Waals surface area (Å²) in [6, 6.07) is 5.66. The molecular weight excluding hydrogens is 268 g/mol. The molecule has 0 fully saturated rings. The topological polar surface area (TPSA) is 42.0 Å². The lowest BCUT2D eigenvalue weighted by molar-refractivity contribution is 0.0940. The van der Waals surface area contributed by atoms with Gasteiger partial charge in [-0.05, 0) is 32.0 Å². The minimum absolute atomic E-state index is 0.0274. The van der Waals surface area contributed by atoms with Gasteiger partial charge >= 0.3 is 0 Å². The Balaban J connectivity index is 2.10. The number of amides is 1. The van der Waals surface area contributed by atoms with E-state index in [4.69, 9.17) is 11.6 Å². The predicted molar refractivity (Wildman–Crippen MR) is 74.2 cm³/mol. The minimum atomic E-state index is -0.180. The van der Waals surface area contributed by atoms with Crippen molar-refractivity contribution < 1.29 is 4.79 Å². The largest absolute Gasteiger partial charge is 0.345 e. The molecule has 18 heavy (non-hydrogen) atoms. The standard InChI is InChI=1S/C13H13ClN2OS/c1-8-3-4-12(18-8)9(2)16-13(17)10-5-6-15-7-11(10)14/h3-7,9H,1-2H3,(H,16,17). The summed E-state index contributed by atoms with van der Waals surface area (Å²) < 4.78 is 0. The Labute approximate surface area is 115 Å². The second kappa shape index (κ2) is 5.50. The summed E-state index contributed by atoms with van der Waals surface area (Å²) in [5, 5.41) is 3.29. The number of hydrogen-bond donors (Lipinski definition) is 1. The molecule has 0 aliphatic heterocycles. The molecule has 0 saturated carbocycles. The van der Waals surface area contributed by atoms with E-state index in [-0.39, 0.29) is 11.9 Å². The first-order valence-electron chi connectivity index (χ1n) is 5.54. The first-order valence-corrected chi connectivity index (χ1v) is 6.74. The molecule has 1 atom stereocenters. The van der Waals surface area contributed by atoms with E-state index in [9.17, 15) is 4.79 Å². The van der Waals surface area contributed by atoms with E-state index in [0.29, 0.717) is 10.6 Å². The average molecular weight is 281 g/mol. The lowest BCUT2D eigenvalue weighted by Gasteiger charge is -2.12. The number of aryl methyl sites for hydroxylation is 1. The molecule has 2 aromatic rings. The Bertz CT molecular complexity index is 568. The van der Waals surface area contributed by atoms with Crippen molar-refractivity contribution in [3.05, 3.63) is 50.9 Å². The number of pyridine rings is 1. The molecule has 3 nitrogen and oxygen atoms in total. The fraction of sp³-hybridized carbons (Fsp3) is 0.231. The molecule has 2 aromatic heterocycles. The summed E-state index contributed by atoms with van der Waals surface area (Å²) >= 11 is 7.61. The van der Waals surface area contributed by atoms with Crippen LogP contribution in [0, 0.1) is 6.92 Å². The van der Waals surface area contributed by atoms with Crippen LogP contribution in [0.15, 0.2) is 30.6 Å². The maximum Gasteiger partial charge on any atom is 0.253 e. The van der Waals surface area contributed by atoms with E-state index in [1.165, 1.54) is 11.1 Å². The van der Waals surface area contributed by atoms with Gasteiger partial charge in [0.05, 0.1) is 16.6 Å². The second-order valence-electron chi connectivity index (χ2n) is 4.00. The van der Waals surface area contributed by atoms with Crippen molar-refractivity contribution in [2.75, 3.05) is 0 Å². The number of aromatic nitrogens is 1. The van der Waals surface area contributed by atoms with Gasteiger partial charge in [0.15, 0.2) is 0 Å². The third-order valence-electron chi connectivity index (χ3n) is 2.55. The van der Waals surface area contributed by atoms with Gasteiger partial charge < -0.3 is 5.32 Å². The second-order valence-corrected chi connectivity index (χ2v) is 5.73. The highest BCUT2D eigenvalue weighted by molar-refractivity contribution is 7.12. The lowest BCUT2D eigenvalue weighted by atomic mass is 10.2. The molecule has 94 valence electrons. The maximum atomic E-state index is 12.0. The lowest BCUT2D eigenvalue weighted by Crippen LogP contribution is -2.26. The molecule has 2 rings (SSSR count). The highest BCUT2D eigenvalue weighted by Gasteiger charge is 2.14. The Morgan fingerprint density at radius 1 is 1.44 bits per heavy atom.